The van der Waals surface area contributed by atoms with Crippen LogP contribution in [0.25, 0.3) is 16.8 Å². The van der Waals surface area contributed by atoms with Crippen molar-refractivity contribution in [3.05, 3.63) is 88.4 Å². The first-order chi connectivity index (χ1) is 17.3. The van der Waals surface area contributed by atoms with Crippen LogP contribution in [-0.2, 0) is 11.8 Å². The van der Waals surface area contributed by atoms with Crippen LogP contribution in [-0.4, -0.2) is 27.8 Å². The van der Waals surface area contributed by atoms with Gasteiger partial charge in [0.1, 0.15) is 11.6 Å². The summed E-state index contributed by atoms with van der Waals surface area (Å²) in [4.78, 5) is 14.5. The maximum absolute atomic E-state index is 15.1. The number of aliphatic hydroxyl groups is 1. The number of allylic oxidation sites excluding steroid dienone is 8. The molecule has 0 saturated heterocycles. The number of nitrogens with zero attached hydrogens (tertiary/aromatic N) is 4. The molecule has 182 valence electrons. The lowest BCUT2D eigenvalue weighted by atomic mass is 9.56. The lowest BCUT2D eigenvalue weighted by Gasteiger charge is -2.48. The van der Waals surface area contributed by atoms with E-state index in [-0.39, 0.29) is 23.4 Å². The second kappa shape index (κ2) is 8.98. The molecule has 36 heavy (non-hydrogen) atoms. The maximum Gasteiger partial charge on any atom is 0.156 e. The Hall–Kier alpha value is -3.85. The molecule has 0 bridgehead atoms. The average Bonchev–Trinajstić information content (AvgIpc) is 2.90. The molecule has 0 amide bonds. The van der Waals surface area contributed by atoms with E-state index in [9.17, 15) is 10.4 Å². The van der Waals surface area contributed by atoms with Gasteiger partial charge >= 0.3 is 0 Å². The number of hydrogen-bond donors (Lipinski definition) is 1. The molecule has 0 saturated carbocycles. The highest BCUT2D eigenvalue weighted by Crippen LogP contribution is 2.54. The Balaban J connectivity index is 1.81. The van der Waals surface area contributed by atoms with E-state index in [4.69, 9.17) is 9.97 Å². The van der Waals surface area contributed by atoms with E-state index in [1.807, 2.05) is 44.2 Å². The fraction of sp³-hybridized carbons (Fsp3) is 0.333. The monoisotopic (exact) mass is 480 g/mol. The molecule has 1 aromatic heterocycles. The Morgan fingerprint density at radius 1 is 1.22 bits per heavy atom. The summed E-state index contributed by atoms with van der Waals surface area (Å²) < 4.78 is 15.1. The standard InChI is InChI=1S/C30H29FN4O/c1-17(20-9-6-8-12-25(20)33-4)29-34-26(21-10-5-7-11-24(21)31)22-13-14-23-18(2)27(36)19(16-32)15-30(23,3)28(22)35-29/h5-12,18,23,36H,13-15H2,1-4H3/b20-17+,33-25?/t18-,23-,30-/m1/s1. The van der Waals surface area contributed by atoms with Crippen molar-refractivity contribution in [2.45, 2.75) is 45.4 Å². The van der Waals surface area contributed by atoms with E-state index >= 15 is 4.39 Å². The van der Waals surface area contributed by atoms with Gasteiger partial charge in [-0.05, 0) is 50.3 Å². The zero-order valence-electron chi connectivity index (χ0n) is 21.0. The molecule has 5 nitrogen and oxygen atoms in total. The second-order valence-electron chi connectivity index (χ2n) is 10.1. The molecule has 0 fully saturated rings. The topological polar surface area (TPSA) is 82.2 Å². The molecule has 0 radical (unpaired) electrons. The van der Waals surface area contributed by atoms with Crippen LogP contribution in [0.15, 0.2) is 70.5 Å². The number of benzene rings is 1. The van der Waals surface area contributed by atoms with Gasteiger partial charge in [-0.3, -0.25) is 4.99 Å². The Morgan fingerprint density at radius 2 is 1.97 bits per heavy atom. The summed E-state index contributed by atoms with van der Waals surface area (Å²) in [6, 6.07) is 8.93. The molecule has 0 unspecified atom stereocenters. The highest BCUT2D eigenvalue weighted by atomic mass is 19.1. The van der Waals surface area contributed by atoms with Crippen molar-refractivity contribution < 1.29 is 9.50 Å². The first-order valence-electron chi connectivity index (χ1n) is 12.3. The van der Waals surface area contributed by atoms with E-state index in [1.165, 1.54) is 6.07 Å². The lowest BCUT2D eigenvalue weighted by molar-refractivity contribution is 0.135. The predicted molar refractivity (Wildman–Crippen MR) is 140 cm³/mol. The third kappa shape index (κ3) is 3.62. The molecule has 0 spiro atoms. The van der Waals surface area contributed by atoms with Crippen LogP contribution in [0.4, 0.5) is 4.39 Å². The van der Waals surface area contributed by atoms with Crippen molar-refractivity contribution in [1.82, 2.24) is 9.97 Å². The van der Waals surface area contributed by atoms with E-state index in [0.717, 1.165) is 34.5 Å². The number of rotatable bonds is 2. The molecule has 5 rings (SSSR count). The Labute approximate surface area is 211 Å². The van der Waals surface area contributed by atoms with Crippen molar-refractivity contribution in [1.29, 1.82) is 5.26 Å². The number of fused-ring (bicyclic) bond motifs is 3. The van der Waals surface area contributed by atoms with Gasteiger partial charge in [-0.15, -0.1) is 0 Å². The van der Waals surface area contributed by atoms with Crippen molar-refractivity contribution in [3.8, 4) is 17.3 Å². The van der Waals surface area contributed by atoms with Crippen LogP contribution >= 0.6 is 0 Å². The molecule has 3 aliphatic carbocycles. The largest absolute Gasteiger partial charge is 0.511 e. The predicted octanol–water partition coefficient (Wildman–Crippen LogP) is 6.45. The van der Waals surface area contributed by atoms with Crippen LogP contribution in [0.2, 0.25) is 0 Å². The number of aliphatic imine (C=N–C) groups is 1. The number of halogens is 1. The van der Waals surface area contributed by atoms with Gasteiger partial charge < -0.3 is 5.11 Å². The summed E-state index contributed by atoms with van der Waals surface area (Å²) in [7, 11) is 1.75. The minimum Gasteiger partial charge on any atom is -0.511 e. The van der Waals surface area contributed by atoms with Gasteiger partial charge in [0.25, 0.3) is 0 Å². The van der Waals surface area contributed by atoms with Crippen LogP contribution in [0, 0.1) is 29.0 Å². The Kier molecular flexibility index (Phi) is 5.96. The van der Waals surface area contributed by atoms with Gasteiger partial charge in [-0.1, -0.05) is 44.2 Å². The SMILES string of the molecule is CN=C1C=CC=C/C1=C(/C)c1nc(-c2ccccc2F)c2c(n1)[C@]1(C)CC(C#N)=C(O)[C@H](C)[C@H]1CC2. The molecule has 3 atom stereocenters. The van der Waals surface area contributed by atoms with Gasteiger partial charge in [0.05, 0.1) is 28.7 Å². The summed E-state index contributed by atoms with van der Waals surface area (Å²) in [5, 5.41) is 20.5. The van der Waals surface area contributed by atoms with E-state index < -0.39 is 5.41 Å². The third-order valence-electron chi connectivity index (χ3n) is 8.11. The van der Waals surface area contributed by atoms with Crippen molar-refractivity contribution >= 4 is 11.3 Å². The summed E-state index contributed by atoms with van der Waals surface area (Å²) in [6.07, 6.45) is 9.71. The number of aromatic nitrogens is 2. The minimum absolute atomic E-state index is 0.108. The smallest absolute Gasteiger partial charge is 0.156 e. The van der Waals surface area contributed by atoms with Crippen molar-refractivity contribution in [2.75, 3.05) is 7.05 Å². The van der Waals surface area contributed by atoms with Gasteiger partial charge in [0.15, 0.2) is 5.82 Å². The molecule has 6 heteroatoms. The van der Waals surface area contributed by atoms with Gasteiger partial charge in [0, 0.05) is 40.7 Å². The zero-order valence-corrected chi connectivity index (χ0v) is 21.0. The van der Waals surface area contributed by atoms with Gasteiger partial charge in [-0.2, -0.15) is 5.26 Å². The fourth-order valence-corrected chi connectivity index (χ4v) is 6.17. The molecule has 2 aromatic rings. The highest BCUT2D eigenvalue weighted by molar-refractivity contribution is 6.15. The summed E-state index contributed by atoms with van der Waals surface area (Å²) in [5.41, 5.74) is 5.34. The molecule has 0 aliphatic heterocycles. The molecule has 1 aromatic carbocycles. The van der Waals surface area contributed by atoms with Gasteiger partial charge in [0.2, 0.25) is 0 Å². The first-order valence-corrected chi connectivity index (χ1v) is 12.3. The molecular formula is C30H29FN4O. The normalized spacial score (nSPS) is 27.5. The molecular weight excluding hydrogens is 451 g/mol. The summed E-state index contributed by atoms with van der Waals surface area (Å²) >= 11 is 0. The van der Waals surface area contributed by atoms with Crippen molar-refractivity contribution in [3.63, 3.8) is 0 Å². The van der Waals surface area contributed by atoms with E-state index in [0.29, 0.717) is 35.5 Å². The fourth-order valence-electron chi connectivity index (χ4n) is 6.17. The number of aliphatic hydroxyl groups excluding tert-OH is 1. The minimum atomic E-state index is -0.489. The van der Waals surface area contributed by atoms with Gasteiger partial charge in [-0.25, -0.2) is 14.4 Å². The van der Waals surface area contributed by atoms with Crippen LogP contribution in [0.5, 0.6) is 0 Å². The summed E-state index contributed by atoms with van der Waals surface area (Å²) in [5.74, 6) is 0.330. The molecule has 1 heterocycles. The van der Waals surface area contributed by atoms with E-state index in [1.54, 1.807) is 19.2 Å². The maximum atomic E-state index is 15.1. The van der Waals surface area contributed by atoms with Crippen LogP contribution in [0.1, 0.15) is 50.7 Å². The molecule has 1 N–H and O–H groups in total. The first kappa shape index (κ1) is 23.9. The number of hydrogen-bond acceptors (Lipinski definition) is 5. The second-order valence-corrected chi connectivity index (χ2v) is 10.1. The van der Waals surface area contributed by atoms with E-state index in [2.05, 4.69) is 18.0 Å². The lowest BCUT2D eigenvalue weighted by Crippen LogP contribution is -2.45. The Bertz CT molecular complexity index is 1460. The number of nitriles is 1. The average molecular weight is 481 g/mol. The quantitative estimate of drug-likeness (QED) is 0.536. The Morgan fingerprint density at radius 3 is 2.69 bits per heavy atom. The van der Waals surface area contributed by atoms with Crippen LogP contribution < -0.4 is 0 Å². The zero-order chi connectivity index (χ0) is 25.6. The third-order valence-corrected chi connectivity index (χ3v) is 8.11. The highest BCUT2D eigenvalue weighted by Gasteiger charge is 2.50. The van der Waals surface area contributed by atoms with Crippen molar-refractivity contribution in [2.24, 2.45) is 16.8 Å². The molecule has 3 aliphatic rings. The summed E-state index contributed by atoms with van der Waals surface area (Å²) in [6.45, 7) is 6.08. The van der Waals surface area contributed by atoms with Crippen LogP contribution in [0.3, 0.4) is 0 Å².